The van der Waals surface area contributed by atoms with Crippen molar-refractivity contribution in [2.24, 2.45) is 5.92 Å². The van der Waals surface area contributed by atoms with Crippen molar-refractivity contribution in [2.75, 3.05) is 30.4 Å². The first-order chi connectivity index (χ1) is 12.8. The van der Waals surface area contributed by atoms with Gasteiger partial charge in [0.1, 0.15) is 6.04 Å². The third kappa shape index (κ3) is 6.43. The number of hydrogen-bond acceptors (Lipinski definition) is 5. The van der Waals surface area contributed by atoms with Crippen molar-refractivity contribution in [3.63, 3.8) is 0 Å². The minimum Gasteiger partial charge on any atom is -0.453 e. The van der Waals surface area contributed by atoms with Crippen LogP contribution in [-0.4, -0.2) is 50.4 Å². The van der Waals surface area contributed by atoms with Crippen LogP contribution in [0.2, 0.25) is 0 Å². The maximum atomic E-state index is 12.6. The fourth-order valence-corrected chi connectivity index (χ4v) is 3.28. The minimum absolute atomic E-state index is 0.189. The first-order valence-electron chi connectivity index (χ1n) is 9.44. The molecule has 0 radical (unpaired) electrons. The summed E-state index contributed by atoms with van der Waals surface area (Å²) in [4.78, 5) is 26.4. The van der Waals surface area contributed by atoms with E-state index in [-0.39, 0.29) is 24.0 Å². The molecule has 2 N–H and O–H groups in total. The van der Waals surface area contributed by atoms with E-state index in [2.05, 4.69) is 34.1 Å². The molecule has 1 aromatic rings. The molecule has 1 saturated heterocycles. The Kier molecular flexibility index (Phi) is 7.47. The van der Waals surface area contributed by atoms with E-state index >= 15 is 0 Å². The van der Waals surface area contributed by atoms with Gasteiger partial charge in [-0.2, -0.15) is 0 Å². The molecule has 2 amide bonds. The Balaban J connectivity index is 2.01. The van der Waals surface area contributed by atoms with E-state index in [1.165, 1.54) is 7.11 Å². The molecule has 3 atom stereocenters. The summed E-state index contributed by atoms with van der Waals surface area (Å²) in [7, 11) is 1.28. The molecule has 0 aromatic heterocycles. The topological polar surface area (TPSA) is 79.9 Å². The Bertz CT molecular complexity index is 623. The largest absolute Gasteiger partial charge is 0.453 e. The molecule has 1 heterocycles. The fourth-order valence-electron chi connectivity index (χ4n) is 3.28. The van der Waals surface area contributed by atoms with Gasteiger partial charge in [-0.05, 0) is 50.5 Å². The third-order valence-corrected chi connectivity index (χ3v) is 4.42. The van der Waals surface area contributed by atoms with Gasteiger partial charge in [-0.1, -0.05) is 13.8 Å². The van der Waals surface area contributed by atoms with Gasteiger partial charge in [-0.15, -0.1) is 0 Å². The number of alkyl carbamates (subject to hydrolysis) is 1. The van der Waals surface area contributed by atoms with Crippen LogP contribution in [0.25, 0.3) is 0 Å². The van der Waals surface area contributed by atoms with Crippen LogP contribution in [0.1, 0.15) is 34.1 Å². The Labute approximate surface area is 161 Å². The van der Waals surface area contributed by atoms with Crippen LogP contribution >= 0.6 is 0 Å². The fraction of sp³-hybridized carbons (Fsp3) is 0.600. The van der Waals surface area contributed by atoms with E-state index in [0.29, 0.717) is 12.1 Å². The van der Waals surface area contributed by atoms with Crippen molar-refractivity contribution >= 4 is 23.4 Å². The zero-order valence-electron chi connectivity index (χ0n) is 16.8. The number of hydrogen-bond donors (Lipinski definition) is 2. The van der Waals surface area contributed by atoms with Crippen LogP contribution in [0.15, 0.2) is 24.3 Å². The molecule has 150 valence electrons. The number of anilines is 2. The zero-order chi connectivity index (χ0) is 20.0. The van der Waals surface area contributed by atoms with Gasteiger partial charge in [0.05, 0.1) is 19.3 Å². The molecule has 1 aromatic carbocycles. The number of carbonyl (C=O) groups excluding carboxylic acids is 2. The Hall–Kier alpha value is -2.28. The number of benzene rings is 1. The number of rotatable bonds is 6. The molecule has 7 heteroatoms. The van der Waals surface area contributed by atoms with Crippen molar-refractivity contribution in [1.82, 2.24) is 5.32 Å². The molecule has 2 rings (SSSR count). The van der Waals surface area contributed by atoms with Gasteiger partial charge >= 0.3 is 6.09 Å². The second kappa shape index (κ2) is 9.60. The van der Waals surface area contributed by atoms with E-state index in [4.69, 9.17) is 4.74 Å². The second-order valence-corrected chi connectivity index (χ2v) is 7.52. The minimum atomic E-state index is -0.641. The highest BCUT2D eigenvalue weighted by atomic mass is 16.5. The van der Waals surface area contributed by atoms with Crippen LogP contribution in [0.4, 0.5) is 16.2 Å². The average Bonchev–Trinajstić information content (AvgIpc) is 2.60. The summed E-state index contributed by atoms with van der Waals surface area (Å²) in [6.07, 6.45) is 0.299. The summed E-state index contributed by atoms with van der Waals surface area (Å²) in [6, 6.07) is 7.10. The van der Waals surface area contributed by atoms with E-state index in [0.717, 1.165) is 18.8 Å². The third-order valence-electron chi connectivity index (χ3n) is 4.42. The van der Waals surface area contributed by atoms with Gasteiger partial charge in [0, 0.05) is 24.5 Å². The Morgan fingerprint density at radius 2 is 1.78 bits per heavy atom. The van der Waals surface area contributed by atoms with Gasteiger partial charge in [-0.25, -0.2) is 4.79 Å². The molecule has 0 spiro atoms. The van der Waals surface area contributed by atoms with E-state index in [1.54, 1.807) is 0 Å². The predicted molar refractivity (Wildman–Crippen MR) is 106 cm³/mol. The molecular weight excluding hydrogens is 346 g/mol. The lowest BCUT2D eigenvalue weighted by atomic mass is 10.0. The summed E-state index contributed by atoms with van der Waals surface area (Å²) in [5, 5.41) is 5.47. The highest BCUT2D eigenvalue weighted by Crippen LogP contribution is 2.22. The van der Waals surface area contributed by atoms with Crippen LogP contribution < -0.4 is 15.5 Å². The van der Waals surface area contributed by atoms with Gasteiger partial charge < -0.3 is 25.0 Å². The van der Waals surface area contributed by atoms with Gasteiger partial charge in [0.2, 0.25) is 5.91 Å². The maximum Gasteiger partial charge on any atom is 0.407 e. The van der Waals surface area contributed by atoms with E-state index in [9.17, 15) is 9.59 Å². The number of morpholine rings is 1. The van der Waals surface area contributed by atoms with Crippen LogP contribution in [-0.2, 0) is 14.3 Å². The summed E-state index contributed by atoms with van der Waals surface area (Å²) >= 11 is 0. The van der Waals surface area contributed by atoms with E-state index < -0.39 is 12.1 Å². The molecule has 0 saturated carbocycles. The summed E-state index contributed by atoms with van der Waals surface area (Å²) in [5.74, 6) is 0.000971. The molecule has 27 heavy (non-hydrogen) atoms. The number of methoxy groups -OCH3 is 1. The Morgan fingerprint density at radius 1 is 1.19 bits per heavy atom. The van der Waals surface area contributed by atoms with Crippen molar-refractivity contribution in [3.05, 3.63) is 24.3 Å². The molecule has 0 aliphatic carbocycles. The molecule has 1 aliphatic heterocycles. The Morgan fingerprint density at radius 3 is 2.30 bits per heavy atom. The highest BCUT2D eigenvalue weighted by molar-refractivity contribution is 5.96. The number of carbonyl (C=O) groups is 2. The van der Waals surface area contributed by atoms with E-state index in [1.807, 2.05) is 38.1 Å². The average molecular weight is 377 g/mol. The smallest absolute Gasteiger partial charge is 0.407 e. The second-order valence-electron chi connectivity index (χ2n) is 7.52. The number of nitrogens with one attached hydrogen (secondary N) is 2. The number of ether oxygens (including phenoxy) is 2. The molecule has 1 aliphatic rings. The molecule has 0 bridgehead atoms. The van der Waals surface area contributed by atoms with Gasteiger partial charge in [0.15, 0.2) is 0 Å². The SMILES string of the molecule is COC(=O)NC(CC(C)C)C(=O)Nc1ccc(N2CC(C)OC(C)C2)cc1. The zero-order valence-corrected chi connectivity index (χ0v) is 16.8. The quantitative estimate of drug-likeness (QED) is 0.797. The van der Waals surface area contributed by atoms with Gasteiger partial charge in [0.25, 0.3) is 0 Å². The number of amides is 2. The summed E-state index contributed by atoms with van der Waals surface area (Å²) < 4.78 is 10.4. The van der Waals surface area contributed by atoms with Crippen molar-refractivity contribution in [3.8, 4) is 0 Å². The highest BCUT2D eigenvalue weighted by Gasteiger charge is 2.24. The molecule has 7 nitrogen and oxygen atoms in total. The van der Waals surface area contributed by atoms with Crippen LogP contribution in [0.3, 0.4) is 0 Å². The lowest BCUT2D eigenvalue weighted by molar-refractivity contribution is -0.118. The van der Waals surface area contributed by atoms with Crippen molar-refractivity contribution < 1.29 is 19.1 Å². The molecular formula is C20H31N3O4. The normalized spacial score (nSPS) is 20.9. The number of nitrogens with zero attached hydrogens (tertiary/aromatic N) is 1. The summed E-state index contributed by atoms with van der Waals surface area (Å²) in [6.45, 7) is 9.82. The van der Waals surface area contributed by atoms with Crippen LogP contribution in [0, 0.1) is 5.92 Å². The molecule has 1 fully saturated rings. The van der Waals surface area contributed by atoms with Gasteiger partial charge in [-0.3, -0.25) is 4.79 Å². The molecule has 3 unspecified atom stereocenters. The van der Waals surface area contributed by atoms with Crippen molar-refractivity contribution in [1.29, 1.82) is 0 Å². The summed E-state index contributed by atoms with van der Waals surface area (Å²) in [5.41, 5.74) is 1.79. The van der Waals surface area contributed by atoms with Crippen LogP contribution in [0.5, 0.6) is 0 Å². The van der Waals surface area contributed by atoms with Crippen molar-refractivity contribution in [2.45, 2.75) is 52.4 Å². The lowest BCUT2D eigenvalue weighted by Crippen LogP contribution is -2.45. The first-order valence-corrected chi connectivity index (χ1v) is 9.44. The first kappa shape index (κ1) is 21.0. The monoisotopic (exact) mass is 377 g/mol. The standard InChI is InChI=1S/C20H31N3O4/c1-13(2)10-18(22-20(25)26-5)19(24)21-16-6-8-17(9-7-16)23-11-14(3)27-15(4)12-23/h6-9,13-15,18H,10-12H2,1-5H3,(H,21,24)(H,22,25). The maximum absolute atomic E-state index is 12.6. The lowest BCUT2D eigenvalue weighted by Gasteiger charge is -2.36. The predicted octanol–water partition coefficient (Wildman–Crippen LogP) is 3.01.